The van der Waals surface area contributed by atoms with Gasteiger partial charge in [0.2, 0.25) is 0 Å². The highest BCUT2D eigenvalue weighted by Crippen LogP contribution is 2.23. The first-order chi connectivity index (χ1) is 13.4. The number of piperidine rings is 1. The van der Waals surface area contributed by atoms with Gasteiger partial charge in [0.15, 0.2) is 11.7 Å². The fraction of sp³-hybridized carbons (Fsp3) is 0.476. The van der Waals surface area contributed by atoms with Crippen molar-refractivity contribution in [1.29, 1.82) is 0 Å². The van der Waals surface area contributed by atoms with Crippen LogP contribution < -0.4 is 10.2 Å². The molecule has 1 aliphatic rings. The standard InChI is InChI=1S/C21H28N4O2S/c1-15-19(20(27)24(2)3)28-21(22-15)23-18(26)14-25-11-9-17(10-12-25)13-16-7-5-4-6-8-16/h4-8,17H,9-14H2,1-3H3,(H,22,23,26)/p+1. The molecule has 0 atom stereocenters. The van der Waals surface area contributed by atoms with Gasteiger partial charge in [-0.1, -0.05) is 41.7 Å². The number of anilines is 1. The zero-order valence-corrected chi connectivity index (χ0v) is 17.6. The lowest BCUT2D eigenvalue weighted by molar-refractivity contribution is -0.898. The summed E-state index contributed by atoms with van der Waals surface area (Å²) < 4.78 is 0. The number of benzene rings is 1. The average molecular weight is 402 g/mol. The van der Waals surface area contributed by atoms with Gasteiger partial charge in [0.25, 0.3) is 11.8 Å². The molecule has 0 spiro atoms. The Hall–Kier alpha value is -2.25. The molecule has 1 fully saturated rings. The molecule has 7 heteroatoms. The first-order valence-corrected chi connectivity index (χ1v) is 10.6. The van der Waals surface area contributed by atoms with Crippen LogP contribution in [0.25, 0.3) is 0 Å². The summed E-state index contributed by atoms with van der Waals surface area (Å²) in [4.78, 5) is 32.3. The lowest BCUT2D eigenvalue weighted by Crippen LogP contribution is -3.14. The summed E-state index contributed by atoms with van der Waals surface area (Å²) in [6, 6.07) is 10.6. The Morgan fingerprint density at radius 3 is 2.54 bits per heavy atom. The molecule has 0 aliphatic carbocycles. The number of rotatable bonds is 6. The summed E-state index contributed by atoms with van der Waals surface area (Å²) in [5.74, 6) is 0.589. The minimum atomic E-state index is -0.0818. The number of nitrogens with one attached hydrogen (secondary N) is 2. The number of nitrogens with zero attached hydrogens (tertiary/aromatic N) is 2. The largest absolute Gasteiger partial charge is 0.344 e. The van der Waals surface area contributed by atoms with E-state index >= 15 is 0 Å². The van der Waals surface area contributed by atoms with Gasteiger partial charge < -0.3 is 9.80 Å². The molecule has 1 saturated heterocycles. The van der Waals surface area contributed by atoms with Crippen LogP contribution in [0.15, 0.2) is 30.3 Å². The highest BCUT2D eigenvalue weighted by Gasteiger charge is 2.25. The molecule has 3 rings (SSSR count). The smallest absolute Gasteiger partial charge is 0.281 e. The van der Waals surface area contributed by atoms with Crippen LogP contribution in [0, 0.1) is 12.8 Å². The van der Waals surface area contributed by atoms with Crippen LogP contribution in [0.3, 0.4) is 0 Å². The van der Waals surface area contributed by atoms with Crippen molar-refractivity contribution in [1.82, 2.24) is 9.88 Å². The third-order valence-corrected chi connectivity index (χ3v) is 6.29. The molecule has 2 aromatic rings. The van der Waals surface area contributed by atoms with E-state index in [-0.39, 0.29) is 11.8 Å². The topological polar surface area (TPSA) is 66.7 Å². The Balaban J connectivity index is 1.46. The molecule has 1 aliphatic heterocycles. The normalized spacial score (nSPS) is 19.2. The van der Waals surface area contributed by atoms with Gasteiger partial charge in [0.05, 0.1) is 18.8 Å². The van der Waals surface area contributed by atoms with E-state index in [1.165, 1.54) is 26.7 Å². The first-order valence-electron chi connectivity index (χ1n) is 9.78. The predicted octanol–water partition coefficient (Wildman–Crippen LogP) is 1.63. The molecule has 6 nitrogen and oxygen atoms in total. The van der Waals surface area contributed by atoms with Crippen molar-refractivity contribution in [3.8, 4) is 0 Å². The number of amides is 2. The number of aromatic nitrogens is 1. The summed E-state index contributed by atoms with van der Waals surface area (Å²) in [5, 5.41) is 3.38. The maximum atomic E-state index is 12.4. The molecule has 2 amide bonds. The van der Waals surface area contributed by atoms with Crippen molar-refractivity contribution in [2.45, 2.75) is 26.2 Å². The van der Waals surface area contributed by atoms with Gasteiger partial charge in [-0.05, 0) is 37.7 Å². The number of carbonyl (C=O) groups excluding carboxylic acids is 2. The number of quaternary nitrogens is 1. The lowest BCUT2D eigenvalue weighted by Gasteiger charge is -2.28. The van der Waals surface area contributed by atoms with Crippen molar-refractivity contribution < 1.29 is 14.5 Å². The number of thiazole rings is 1. The van der Waals surface area contributed by atoms with E-state index in [2.05, 4.69) is 40.6 Å². The van der Waals surface area contributed by atoms with Gasteiger partial charge in [-0.2, -0.15) is 0 Å². The van der Waals surface area contributed by atoms with Gasteiger partial charge in [-0.3, -0.25) is 14.9 Å². The molecule has 1 aromatic carbocycles. The van der Waals surface area contributed by atoms with E-state index in [9.17, 15) is 9.59 Å². The minimum Gasteiger partial charge on any atom is -0.344 e. The van der Waals surface area contributed by atoms with Gasteiger partial charge >= 0.3 is 0 Å². The number of hydrogen-bond acceptors (Lipinski definition) is 4. The van der Waals surface area contributed by atoms with Crippen molar-refractivity contribution in [3.05, 3.63) is 46.5 Å². The second kappa shape index (κ2) is 9.30. The third kappa shape index (κ3) is 5.39. The van der Waals surface area contributed by atoms with E-state index in [0.29, 0.717) is 28.2 Å². The van der Waals surface area contributed by atoms with Crippen LogP contribution in [0.5, 0.6) is 0 Å². The number of carbonyl (C=O) groups is 2. The number of hydrogen-bond donors (Lipinski definition) is 2. The molecule has 0 bridgehead atoms. The summed E-state index contributed by atoms with van der Waals surface area (Å²) in [6.07, 6.45) is 3.42. The average Bonchev–Trinajstić information content (AvgIpc) is 3.03. The molecule has 150 valence electrons. The highest BCUT2D eigenvalue weighted by atomic mass is 32.1. The maximum Gasteiger partial charge on any atom is 0.281 e. The predicted molar refractivity (Wildman–Crippen MR) is 112 cm³/mol. The zero-order valence-electron chi connectivity index (χ0n) is 16.8. The molecule has 2 N–H and O–H groups in total. The van der Waals surface area contributed by atoms with Crippen LogP contribution in [-0.2, 0) is 11.2 Å². The van der Waals surface area contributed by atoms with Gasteiger partial charge in [0, 0.05) is 14.1 Å². The van der Waals surface area contributed by atoms with Crippen LogP contribution in [0.4, 0.5) is 5.13 Å². The number of aryl methyl sites for hydroxylation is 1. The second-order valence-electron chi connectivity index (χ2n) is 7.74. The Morgan fingerprint density at radius 1 is 1.21 bits per heavy atom. The van der Waals surface area contributed by atoms with Crippen molar-refractivity contribution >= 4 is 28.3 Å². The SMILES string of the molecule is Cc1nc(NC(=O)C[NH+]2CCC(Cc3ccccc3)CC2)sc1C(=O)N(C)C. The third-order valence-electron chi connectivity index (χ3n) is 5.23. The molecular formula is C21H29N4O2S+. The van der Waals surface area contributed by atoms with Gasteiger partial charge in [-0.25, -0.2) is 4.98 Å². The Morgan fingerprint density at radius 2 is 1.89 bits per heavy atom. The molecule has 0 unspecified atom stereocenters. The Labute approximate surface area is 170 Å². The van der Waals surface area contributed by atoms with Crippen molar-refractivity contribution in [2.24, 2.45) is 5.92 Å². The second-order valence-corrected chi connectivity index (χ2v) is 8.74. The minimum absolute atomic E-state index is 0.0332. The van der Waals surface area contributed by atoms with E-state index in [0.717, 1.165) is 32.4 Å². The van der Waals surface area contributed by atoms with E-state index < -0.39 is 0 Å². The van der Waals surface area contributed by atoms with Crippen LogP contribution >= 0.6 is 11.3 Å². The summed E-state index contributed by atoms with van der Waals surface area (Å²) in [5.41, 5.74) is 2.06. The van der Waals surface area contributed by atoms with E-state index in [4.69, 9.17) is 0 Å². The van der Waals surface area contributed by atoms with Crippen LogP contribution in [-0.4, -0.2) is 55.4 Å². The van der Waals surface area contributed by atoms with E-state index in [1.54, 1.807) is 21.0 Å². The molecule has 28 heavy (non-hydrogen) atoms. The molecule has 0 radical (unpaired) electrons. The molecule has 1 aromatic heterocycles. The van der Waals surface area contributed by atoms with Gasteiger partial charge in [0.1, 0.15) is 4.88 Å². The Kier molecular flexibility index (Phi) is 6.80. The van der Waals surface area contributed by atoms with Crippen LogP contribution in [0.2, 0.25) is 0 Å². The first kappa shape index (κ1) is 20.5. The van der Waals surface area contributed by atoms with Gasteiger partial charge in [-0.15, -0.1) is 0 Å². The number of likely N-dealkylation sites (tertiary alicyclic amines) is 1. The maximum absolute atomic E-state index is 12.4. The lowest BCUT2D eigenvalue weighted by atomic mass is 9.90. The quantitative estimate of drug-likeness (QED) is 0.773. The highest BCUT2D eigenvalue weighted by molar-refractivity contribution is 7.17. The van der Waals surface area contributed by atoms with E-state index in [1.807, 2.05) is 0 Å². The monoisotopic (exact) mass is 401 g/mol. The summed E-state index contributed by atoms with van der Waals surface area (Å²) in [6.45, 7) is 4.29. The zero-order chi connectivity index (χ0) is 20.1. The fourth-order valence-electron chi connectivity index (χ4n) is 3.66. The molecular weight excluding hydrogens is 372 g/mol. The fourth-order valence-corrected chi connectivity index (χ4v) is 4.66. The summed E-state index contributed by atoms with van der Waals surface area (Å²) in [7, 11) is 3.43. The van der Waals surface area contributed by atoms with Crippen LogP contribution in [0.1, 0.15) is 33.8 Å². The molecule has 2 heterocycles. The van der Waals surface area contributed by atoms with Crippen molar-refractivity contribution in [3.63, 3.8) is 0 Å². The van der Waals surface area contributed by atoms with Crippen molar-refractivity contribution in [2.75, 3.05) is 39.0 Å². The summed E-state index contributed by atoms with van der Waals surface area (Å²) >= 11 is 1.24. The molecule has 0 saturated carbocycles. The Bertz CT molecular complexity index is 811.